The third-order valence-electron chi connectivity index (χ3n) is 4.72. The molecule has 0 N–H and O–H groups in total. The maximum absolute atomic E-state index is 3.55. The summed E-state index contributed by atoms with van der Waals surface area (Å²) in [4.78, 5) is 0. The van der Waals surface area contributed by atoms with Crippen LogP contribution in [0.5, 0.6) is 0 Å². The van der Waals surface area contributed by atoms with Crippen molar-refractivity contribution in [1.82, 2.24) is 0 Å². The Hall–Kier alpha value is 0.700. The summed E-state index contributed by atoms with van der Waals surface area (Å²) in [5.74, 6) is 0.759. The molecule has 0 aliphatic heterocycles. The van der Waals surface area contributed by atoms with E-state index >= 15 is 0 Å². The van der Waals surface area contributed by atoms with Gasteiger partial charge in [-0.2, -0.15) is 0 Å². The van der Waals surface area contributed by atoms with Crippen molar-refractivity contribution < 1.29 is 0 Å². The minimum atomic E-state index is 0.759. The average molecular weight is 452 g/mol. The fourth-order valence-corrected chi connectivity index (χ4v) is 3.96. The van der Waals surface area contributed by atoms with E-state index in [1.165, 1.54) is 103 Å². The summed E-state index contributed by atoms with van der Waals surface area (Å²) in [5, 5.41) is 0. The Labute approximate surface area is 163 Å². The molecule has 1 unspecified atom stereocenters. The lowest BCUT2D eigenvalue weighted by atomic mass is 9.94. The van der Waals surface area contributed by atoms with E-state index in [1.807, 2.05) is 0 Å². The SMILES string of the molecule is CCCCCCCCCCC(C=C(Br)Br)CCCCCCCC. The van der Waals surface area contributed by atoms with E-state index in [0.29, 0.717) is 0 Å². The van der Waals surface area contributed by atoms with Crippen molar-refractivity contribution in [3.8, 4) is 0 Å². The zero-order chi connectivity index (χ0) is 17.2. The molecule has 0 bridgehead atoms. The molecule has 23 heavy (non-hydrogen) atoms. The molecule has 138 valence electrons. The lowest BCUT2D eigenvalue weighted by Gasteiger charge is -2.13. The minimum absolute atomic E-state index is 0.759. The second kappa shape index (κ2) is 19.0. The van der Waals surface area contributed by atoms with Gasteiger partial charge in [0.25, 0.3) is 0 Å². The third kappa shape index (κ3) is 18.9. The zero-order valence-electron chi connectivity index (χ0n) is 15.7. The van der Waals surface area contributed by atoms with Crippen LogP contribution >= 0.6 is 31.9 Å². The Bertz CT molecular complexity index is 257. The number of rotatable bonds is 17. The summed E-state index contributed by atoms with van der Waals surface area (Å²) in [6.45, 7) is 4.58. The number of hydrogen-bond donors (Lipinski definition) is 0. The maximum Gasteiger partial charge on any atom is 0.0567 e. The molecular formula is C21H40Br2. The summed E-state index contributed by atoms with van der Waals surface area (Å²) < 4.78 is 1.14. The molecule has 0 aliphatic rings. The van der Waals surface area contributed by atoms with Gasteiger partial charge in [0.2, 0.25) is 0 Å². The van der Waals surface area contributed by atoms with Crippen LogP contribution in [-0.4, -0.2) is 0 Å². The van der Waals surface area contributed by atoms with Gasteiger partial charge in [-0.3, -0.25) is 0 Å². The van der Waals surface area contributed by atoms with E-state index in [4.69, 9.17) is 0 Å². The molecule has 0 aromatic heterocycles. The van der Waals surface area contributed by atoms with E-state index in [1.54, 1.807) is 0 Å². The highest BCUT2D eigenvalue weighted by atomic mass is 79.9. The quantitative estimate of drug-likeness (QED) is 0.193. The number of allylic oxidation sites excluding steroid dienone is 1. The molecule has 0 rings (SSSR count). The Morgan fingerprint density at radius 3 is 1.30 bits per heavy atom. The number of halogens is 2. The lowest BCUT2D eigenvalue weighted by molar-refractivity contribution is 0.464. The number of unbranched alkanes of at least 4 members (excludes halogenated alkanes) is 12. The summed E-state index contributed by atoms with van der Waals surface area (Å²) in [7, 11) is 0. The van der Waals surface area contributed by atoms with Crippen LogP contribution in [0.1, 0.15) is 117 Å². The first-order valence-corrected chi connectivity index (χ1v) is 11.8. The van der Waals surface area contributed by atoms with Gasteiger partial charge in [0.15, 0.2) is 0 Å². The van der Waals surface area contributed by atoms with Crippen molar-refractivity contribution in [3.63, 3.8) is 0 Å². The first-order valence-electron chi connectivity index (χ1n) is 10.2. The zero-order valence-corrected chi connectivity index (χ0v) is 18.9. The summed E-state index contributed by atoms with van der Waals surface area (Å²) in [6.07, 6.45) is 24.9. The molecule has 2 heteroatoms. The molecule has 0 spiro atoms. The monoisotopic (exact) mass is 450 g/mol. The van der Waals surface area contributed by atoms with E-state index in [-0.39, 0.29) is 0 Å². The van der Waals surface area contributed by atoms with Crippen LogP contribution in [0.4, 0.5) is 0 Å². The van der Waals surface area contributed by atoms with Crippen LogP contribution < -0.4 is 0 Å². The van der Waals surface area contributed by atoms with Gasteiger partial charge in [-0.25, -0.2) is 0 Å². The van der Waals surface area contributed by atoms with E-state index in [2.05, 4.69) is 51.8 Å². The predicted octanol–water partition coefficient (Wildman–Crippen LogP) is 9.52. The van der Waals surface area contributed by atoms with Gasteiger partial charge in [-0.05, 0) is 50.6 Å². The highest BCUT2D eigenvalue weighted by Crippen LogP contribution is 2.25. The van der Waals surface area contributed by atoms with Gasteiger partial charge in [-0.15, -0.1) is 0 Å². The molecule has 0 fully saturated rings. The van der Waals surface area contributed by atoms with Gasteiger partial charge in [0.1, 0.15) is 0 Å². The van der Waals surface area contributed by atoms with Crippen LogP contribution in [0.2, 0.25) is 0 Å². The fraction of sp³-hybridized carbons (Fsp3) is 0.905. The van der Waals surface area contributed by atoms with E-state index in [9.17, 15) is 0 Å². The molecule has 0 radical (unpaired) electrons. The highest BCUT2D eigenvalue weighted by Gasteiger charge is 2.06. The van der Waals surface area contributed by atoms with Gasteiger partial charge < -0.3 is 0 Å². The Kier molecular flexibility index (Phi) is 19.6. The van der Waals surface area contributed by atoms with Crippen molar-refractivity contribution in [2.45, 2.75) is 117 Å². The molecular weight excluding hydrogens is 412 g/mol. The highest BCUT2D eigenvalue weighted by molar-refractivity contribution is 9.28. The van der Waals surface area contributed by atoms with Crippen LogP contribution in [0.3, 0.4) is 0 Å². The minimum Gasteiger partial charge on any atom is -0.0654 e. The van der Waals surface area contributed by atoms with E-state index < -0.39 is 0 Å². The fourth-order valence-electron chi connectivity index (χ4n) is 3.22. The molecule has 0 aromatic rings. The average Bonchev–Trinajstić information content (AvgIpc) is 2.52. The molecule has 0 aliphatic carbocycles. The summed E-state index contributed by atoms with van der Waals surface area (Å²) in [5.41, 5.74) is 0. The Morgan fingerprint density at radius 2 is 0.957 bits per heavy atom. The van der Waals surface area contributed by atoms with Crippen molar-refractivity contribution in [2.24, 2.45) is 5.92 Å². The molecule has 0 nitrogen and oxygen atoms in total. The molecule has 0 heterocycles. The third-order valence-corrected chi connectivity index (χ3v) is 5.25. The topological polar surface area (TPSA) is 0 Å². The van der Waals surface area contributed by atoms with Crippen LogP contribution in [0, 0.1) is 5.92 Å². The lowest BCUT2D eigenvalue weighted by Crippen LogP contribution is -1.98. The smallest absolute Gasteiger partial charge is 0.0567 e. The first-order chi connectivity index (χ1) is 11.2. The van der Waals surface area contributed by atoms with Gasteiger partial charge in [0, 0.05) is 0 Å². The van der Waals surface area contributed by atoms with Crippen molar-refractivity contribution in [1.29, 1.82) is 0 Å². The Balaban J connectivity index is 3.66. The standard InChI is InChI=1S/C21H40Br2/c1-3-5-7-9-11-12-14-16-18-20(19-21(22)23)17-15-13-10-8-6-4-2/h19-20H,3-18H2,1-2H3. The van der Waals surface area contributed by atoms with Gasteiger partial charge >= 0.3 is 0 Å². The molecule has 1 atom stereocenters. The van der Waals surface area contributed by atoms with Crippen LogP contribution in [0.25, 0.3) is 0 Å². The van der Waals surface area contributed by atoms with Gasteiger partial charge in [-0.1, -0.05) is 110 Å². The first kappa shape index (κ1) is 23.7. The molecule has 0 aromatic carbocycles. The largest absolute Gasteiger partial charge is 0.0654 e. The Morgan fingerprint density at radius 1 is 0.609 bits per heavy atom. The van der Waals surface area contributed by atoms with E-state index in [0.717, 1.165) is 9.31 Å². The summed E-state index contributed by atoms with van der Waals surface area (Å²) >= 11 is 7.11. The normalized spacial score (nSPS) is 12.3. The van der Waals surface area contributed by atoms with Crippen LogP contribution in [0.15, 0.2) is 9.47 Å². The van der Waals surface area contributed by atoms with Crippen molar-refractivity contribution in [3.05, 3.63) is 9.47 Å². The van der Waals surface area contributed by atoms with Gasteiger partial charge in [0.05, 0.1) is 3.39 Å². The molecule has 0 amide bonds. The maximum atomic E-state index is 3.55. The molecule has 0 saturated heterocycles. The molecule has 0 saturated carbocycles. The predicted molar refractivity (Wildman–Crippen MR) is 115 cm³/mol. The van der Waals surface area contributed by atoms with Crippen molar-refractivity contribution >= 4 is 31.9 Å². The van der Waals surface area contributed by atoms with Crippen LogP contribution in [-0.2, 0) is 0 Å². The van der Waals surface area contributed by atoms with Crippen molar-refractivity contribution in [2.75, 3.05) is 0 Å². The number of hydrogen-bond acceptors (Lipinski definition) is 0. The second-order valence-electron chi connectivity index (χ2n) is 7.04. The summed E-state index contributed by atoms with van der Waals surface area (Å²) in [6, 6.07) is 0. The second-order valence-corrected chi connectivity index (χ2v) is 9.81.